The van der Waals surface area contributed by atoms with Gasteiger partial charge in [0, 0.05) is 24.0 Å². The first kappa shape index (κ1) is 21.6. The van der Waals surface area contributed by atoms with Gasteiger partial charge in [-0.2, -0.15) is 0 Å². The van der Waals surface area contributed by atoms with E-state index in [0.29, 0.717) is 40.0 Å². The molecule has 3 heterocycles. The van der Waals surface area contributed by atoms with Gasteiger partial charge < -0.3 is 19.2 Å². The van der Waals surface area contributed by atoms with Crippen LogP contribution in [0.25, 0.3) is 16.8 Å². The molecule has 2 amide bonds. The minimum absolute atomic E-state index is 0.114. The predicted molar refractivity (Wildman–Crippen MR) is 129 cm³/mol. The van der Waals surface area contributed by atoms with Crippen LogP contribution in [0, 0.1) is 0 Å². The molecule has 33 heavy (non-hydrogen) atoms. The van der Waals surface area contributed by atoms with Crippen molar-refractivity contribution in [3.63, 3.8) is 0 Å². The van der Waals surface area contributed by atoms with Crippen LogP contribution in [-0.4, -0.2) is 44.6 Å². The van der Waals surface area contributed by atoms with Crippen molar-refractivity contribution in [2.75, 3.05) is 17.6 Å². The molecule has 1 N–H and O–H groups in total. The number of carbonyl (C=O) groups excluding carboxylic acids is 2. The van der Waals surface area contributed by atoms with Crippen molar-refractivity contribution in [1.82, 2.24) is 14.5 Å². The Bertz CT molecular complexity index is 1300. The zero-order valence-corrected chi connectivity index (χ0v) is 19.2. The number of anilines is 1. The summed E-state index contributed by atoms with van der Waals surface area (Å²) >= 11 is 7.21. The molecule has 4 aromatic rings. The summed E-state index contributed by atoms with van der Waals surface area (Å²) in [5.41, 5.74) is 2.85. The highest BCUT2D eigenvalue weighted by atomic mass is 35.5. The van der Waals surface area contributed by atoms with E-state index in [2.05, 4.69) is 10.3 Å². The van der Waals surface area contributed by atoms with Gasteiger partial charge in [0.1, 0.15) is 11.6 Å². The molecule has 9 heteroatoms. The number of oxazole rings is 1. The second-order valence-electron chi connectivity index (χ2n) is 7.72. The fraction of sp³-hybridized carbons (Fsp3) is 0.208. The standard InChI is InChI=1S/C24H21ClN4O3S/c25-16-9-10-21-18(14-16)27-24(32-21)33-15-22(30)29-13-5-8-20(29)23(31)26-17-6-1-2-7-19(17)28-11-3-4-12-28/h1-4,6-7,9-12,14,20H,5,8,13,15H2,(H,26,31)/t20-/m0/s1. The fourth-order valence-electron chi connectivity index (χ4n) is 4.00. The van der Waals surface area contributed by atoms with Crippen LogP contribution >= 0.6 is 23.4 Å². The zero-order valence-electron chi connectivity index (χ0n) is 17.6. The van der Waals surface area contributed by atoms with E-state index in [0.717, 1.165) is 12.1 Å². The van der Waals surface area contributed by atoms with Gasteiger partial charge in [0.25, 0.3) is 5.22 Å². The molecule has 1 fully saturated rings. The molecule has 7 nitrogen and oxygen atoms in total. The van der Waals surface area contributed by atoms with Gasteiger partial charge in [-0.25, -0.2) is 4.98 Å². The summed E-state index contributed by atoms with van der Waals surface area (Å²) in [6, 6.07) is 16.2. The molecule has 1 atom stereocenters. The van der Waals surface area contributed by atoms with Crippen molar-refractivity contribution < 1.29 is 14.0 Å². The molecule has 0 saturated carbocycles. The van der Waals surface area contributed by atoms with Crippen LogP contribution in [-0.2, 0) is 9.59 Å². The number of hydrogen-bond donors (Lipinski definition) is 1. The van der Waals surface area contributed by atoms with Gasteiger partial charge in [-0.15, -0.1) is 0 Å². The van der Waals surface area contributed by atoms with E-state index in [1.165, 1.54) is 11.8 Å². The third-order valence-electron chi connectivity index (χ3n) is 5.57. The van der Waals surface area contributed by atoms with Gasteiger partial charge in [0.05, 0.1) is 17.1 Å². The van der Waals surface area contributed by atoms with E-state index < -0.39 is 6.04 Å². The van der Waals surface area contributed by atoms with Gasteiger partial charge >= 0.3 is 0 Å². The fourth-order valence-corrected chi connectivity index (χ4v) is 4.89. The number of halogens is 1. The summed E-state index contributed by atoms with van der Waals surface area (Å²) in [6.45, 7) is 0.555. The maximum Gasteiger partial charge on any atom is 0.257 e. The highest BCUT2D eigenvalue weighted by Crippen LogP contribution is 2.28. The predicted octanol–water partition coefficient (Wildman–Crippen LogP) is 4.99. The van der Waals surface area contributed by atoms with Gasteiger partial charge in [-0.1, -0.05) is 35.5 Å². The Morgan fingerprint density at radius 1 is 1.15 bits per heavy atom. The van der Waals surface area contributed by atoms with Gasteiger partial charge in [0.2, 0.25) is 11.8 Å². The molecule has 2 aromatic carbocycles. The van der Waals surface area contributed by atoms with Crippen molar-refractivity contribution in [1.29, 1.82) is 0 Å². The molecular weight excluding hydrogens is 460 g/mol. The second kappa shape index (κ2) is 9.33. The quantitative estimate of drug-likeness (QED) is 0.393. The molecule has 0 aliphatic carbocycles. The lowest BCUT2D eigenvalue weighted by molar-refractivity contribution is -0.134. The first-order chi connectivity index (χ1) is 16.1. The van der Waals surface area contributed by atoms with E-state index in [1.54, 1.807) is 23.1 Å². The monoisotopic (exact) mass is 480 g/mol. The molecule has 1 aliphatic heterocycles. The number of thioether (sulfide) groups is 1. The van der Waals surface area contributed by atoms with Crippen molar-refractivity contribution >= 4 is 52.0 Å². The third-order valence-corrected chi connectivity index (χ3v) is 6.62. The second-order valence-corrected chi connectivity index (χ2v) is 9.09. The van der Waals surface area contributed by atoms with Crippen LogP contribution in [0.15, 0.2) is 76.6 Å². The molecule has 0 radical (unpaired) electrons. The highest BCUT2D eigenvalue weighted by Gasteiger charge is 2.34. The summed E-state index contributed by atoms with van der Waals surface area (Å²) < 4.78 is 7.62. The topological polar surface area (TPSA) is 80.4 Å². The zero-order chi connectivity index (χ0) is 22.8. The lowest BCUT2D eigenvalue weighted by Gasteiger charge is -2.24. The summed E-state index contributed by atoms with van der Waals surface area (Å²) in [6.07, 6.45) is 5.27. The number of fused-ring (bicyclic) bond motifs is 1. The Labute approximate surface area is 199 Å². The average molecular weight is 481 g/mol. The number of aromatic nitrogens is 2. The number of carbonyl (C=O) groups is 2. The average Bonchev–Trinajstić information content (AvgIpc) is 3.58. The normalized spacial score (nSPS) is 15.8. The van der Waals surface area contributed by atoms with E-state index in [9.17, 15) is 9.59 Å². The summed E-state index contributed by atoms with van der Waals surface area (Å²) in [7, 11) is 0. The van der Waals surface area contributed by atoms with Crippen LogP contribution < -0.4 is 5.32 Å². The van der Waals surface area contributed by atoms with E-state index in [-0.39, 0.29) is 17.6 Å². The molecule has 5 rings (SSSR count). The van der Waals surface area contributed by atoms with Gasteiger partial charge in [0.15, 0.2) is 5.58 Å². The van der Waals surface area contributed by atoms with Crippen LogP contribution in [0.5, 0.6) is 0 Å². The van der Waals surface area contributed by atoms with Gasteiger partial charge in [-0.3, -0.25) is 9.59 Å². The van der Waals surface area contributed by atoms with E-state index in [4.69, 9.17) is 16.0 Å². The maximum absolute atomic E-state index is 13.1. The first-order valence-corrected chi connectivity index (χ1v) is 12.0. The molecule has 2 aromatic heterocycles. The molecular formula is C24H21ClN4O3S. The lowest BCUT2D eigenvalue weighted by Crippen LogP contribution is -2.44. The minimum atomic E-state index is -0.502. The van der Waals surface area contributed by atoms with Crippen molar-refractivity contribution in [3.8, 4) is 5.69 Å². The number of likely N-dealkylation sites (tertiary alicyclic amines) is 1. The Kier molecular flexibility index (Phi) is 6.11. The molecule has 168 valence electrons. The first-order valence-electron chi connectivity index (χ1n) is 10.6. The largest absolute Gasteiger partial charge is 0.431 e. The van der Waals surface area contributed by atoms with Crippen LogP contribution in [0.3, 0.4) is 0 Å². The Morgan fingerprint density at radius 3 is 2.82 bits per heavy atom. The number of nitrogens with one attached hydrogen (secondary N) is 1. The van der Waals surface area contributed by atoms with Crippen molar-refractivity contribution in [2.24, 2.45) is 0 Å². The molecule has 0 spiro atoms. The van der Waals surface area contributed by atoms with Crippen molar-refractivity contribution in [3.05, 3.63) is 72.0 Å². The molecule has 1 saturated heterocycles. The lowest BCUT2D eigenvalue weighted by atomic mass is 10.2. The third kappa shape index (κ3) is 4.62. The number of hydrogen-bond acceptors (Lipinski definition) is 5. The number of para-hydroxylation sites is 2. The smallest absolute Gasteiger partial charge is 0.257 e. The number of amides is 2. The number of benzene rings is 2. The Hall–Kier alpha value is -3.23. The number of rotatable bonds is 6. The Balaban J connectivity index is 1.25. The number of nitrogens with zero attached hydrogens (tertiary/aromatic N) is 3. The van der Waals surface area contributed by atoms with Crippen LogP contribution in [0.2, 0.25) is 5.02 Å². The summed E-state index contributed by atoms with van der Waals surface area (Å²) in [5.74, 6) is -0.150. The molecule has 0 bridgehead atoms. The summed E-state index contributed by atoms with van der Waals surface area (Å²) in [4.78, 5) is 32.1. The van der Waals surface area contributed by atoms with E-state index in [1.807, 2.05) is 53.4 Å². The summed E-state index contributed by atoms with van der Waals surface area (Å²) in [5, 5.41) is 4.00. The van der Waals surface area contributed by atoms with Crippen LogP contribution in [0.4, 0.5) is 5.69 Å². The Morgan fingerprint density at radius 2 is 1.97 bits per heavy atom. The van der Waals surface area contributed by atoms with Crippen LogP contribution in [0.1, 0.15) is 12.8 Å². The molecule has 0 unspecified atom stereocenters. The van der Waals surface area contributed by atoms with Gasteiger partial charge in [-0.05, 0) is 55.3 Å². The van der Waals surface area contributed by atoms with Crippen molar-refractivity contribution in [2.45, 2.75) is 24.1 Å². The highest BCUT2D eigenvalue weighted by molar-refractivity contribution is 7.99. The SMILES string of the molecule is O=C(Nc1ccccc1-n1cccc1)[C@@H]1CCCN1C(=O)CSc1nc2cc(Cl)ccc2o1. The maximum atomic E-state index is 13.1. The minimum Gasteiger partial charge on any atom is -0.431 e. The molecule has 1 aliphatic rings. The van der Waals surface area contributed by atoms with E-state index >= 15 is 0 Å².